The summed E-state index contributed by atoms with van der Waals surface area (Å²) in [7, 11) is 0. The standard InChI is InChI=1S/C35H38N2S/c1-22-30-33(38-32(22)25-13-11-23(12-14-25)24-15-17-35(5,6)18-16-24)31(37-21-36-30)27-19-26-9-7-8-10-28(26)29(20-27)34(2,3)4/h7-14,19-21,24H,15-18H2,1-6H3. The van der Waals surface area contributed by atoms with Gasteiger partial charge in [-0.15, -0.1) is 11.3 Å². The van der Waals surface area contributed by atoms with E-state index in [-0.39, 0.29) is 5.41 Å². The molecule has 0 N–H and O–H groups in total. The summed E-state index contributed by atoms with van der Waals surface area (Å²) < 4.78 is 1.17. The van der Waals surface area contributed by atoms with E-state index < -0.39 is 0 Å². The van der Waals surface area contributed by atoms with E-state index in [0.29, 0.717) is 11.3 Å². The number of fused-ring (bicyclic) bond motifs is 2. The Morgan fingerprint density at radius 1 is 0.868 bits per heavy atom. The third-order valence-corrected chi connectivity index (χ3v) is 9.97. The van der Waals surface area contributed by atoms with Gasteiger partial charge in [-0.1, -0.05) is 83.1 Å². The second-order valence-corrected chi connectivity index (χ2v) is 14.0. The lowest BCUT2D eigenvalue weighted by molar-refractivity contribution is 0.224. The van der Waals surface area contributed by atoms with Crippen molar-refractivity contribution in [2.45, 2.75) is 78.6 Å². The van der Waals surface area contributed by atoms with Crippen molar-refractivity contribution in [1.82, 2.24) is 9.97 Å². The smallest absolute Gasteiger partial charge is 0.116 e. The van der Waals surface area contributed by atoms with Crippen LogP contribution in [0.3, 0.4) is 0 Å². The highest BCUT2D eigenvalue weighted by molar-refractivity contribution is 7.23. The predicted molar refractivity (Wildman–Crippen MR) is 164 cm³/mol. The van der Waals surface area contributed by atoms with Gasteiger partial charge in [0.25, 0.3) is 0 Å². The lowest BCUT2D eigenvalue weighted by Crippen LogP contribution is -2.20. The van der Waals surface area contributed by atoms with Gasteiger partial charge >= 0.3 is 0 Å². The Morgan fingerprint density at radius 2 is 1.58 bits per heavy atom. The van der Waals surface area contributed by atoms with Gasteiger partial charge < -0.3 is 0 Å². The van der Waals surface area contributed by atoms with Crippen LogP contribution in [0.1, 0.15) is 82.9 Å². The first-order valence-electron chi connectivity index (χ1n) is 14.0. The summed E-state index contributed by atoms with van der Waals surface area (Å²) in [4.78, 5) is 10.9. The molecule has 6 rings (SSSR count). The first kappa shape index (κ1) is 25.2. The maximum absolute atomic E-state index is 4.84. The number of aryl methyl sites for hydroxylation is 1. The number of hydrogen-bond acceptors (Lipinski definition) is 3. The number of hydrogen-bond donors (Lipinski definition) is 0. The summed E-state index contributed by atoms with van der Waals surface area (Å²) in [6.45, 7) is 13.9. The minimum absolute atomic E-state index is 0.0358. The minimum Gasteiger partial charge on any atom is -0.235 e. The number of rotatable bonds is 3. The van der Waals surface area contributed by atoms with Gasteiger partial charge in [-0.25, -0.2) is 9.97 Å². The normalized spacial score (nSPS) is 16.4. The van der Waals surface area contributed by atoms with Gasteiger partial charge in [0.05, 0.1) is 15.9 Å². The summed E-state index contributed by atoms with van der Waals surface area (Å²) in [6.07, 6.45) is 6.98. The molecule has 1 aliphatic carbocycles. The summed E-state index contributed by atoms with van der Waals surface area (Å²) in [5.41, 5.74) is 9.19. The highest BCUT2D eigenvalue weighted by Crippen LogP contribution is 2.45. The maximum Gasteiger partial charge on any atom is 0.116 e. The Kier molecular flexibility index (Phi) is 6.18. The van der Waals surface area contributed by atoms with Crippen LogP contribution in [0, 0.1) is 12.3 Å². The lowest BCUT2D eigenvalue weighted by atomic mass is 9.71. The van der Waals surface area contributed by atoms with Crippen LogP contribution in [0.15, 0.2) is 67.0 Å². The Morgan fingerprint density at radius 3 is 2.29 bits per heavy atom. The fraction of sp³-hybridized carbons (Fsp3) is 0.371. The number of thiophene rings is 1. The van der Waals surface area contributed by atoms with Crippen molar-refractivity contribution in [3.63, 3.8) is 0 Å². The molecule has 0 amide bonds. The van der Waals surface area contributed by atoms with Gasteiger partial charge in [0.2, 0.25) is 0 Å². The van der Waals surface area contributed by atoms with E-state index in [1.807, 2.05) is 11.3 Å². The fourth-order valence-electron chi connectivity index (χ4n) is 6.21. The van der Waals surface area contributed by atoms with Crippen LogP contribution in [0.4, 0.5) is 0 Å². The third-order valence-electron chi connectivity index (χ3n) is 8.63. The summed E-state index contributed by atoms with van der Waals surface area (Å²) in [5.74, 6) is 0.697. The molecule has 3 heteroatoms. The monoisotopic (exact) mass is 518 g/mol. The quantitative estimate of drug-likeness (QED) is 0.237. The van der Waals surface area contributed by atoms with E-state index in [1.165, 1.54) is 73.9 Å². The average molecular weight is 519 g/mol. The van der Waals surface area contributed by atoms with Gasteiger partial charge in [0.1, 0.15) is 6.33 Å². The molecule has 0 aliphatic heterocycles. The highest BCUT2D eigenvalue weighted by Gasteiger charge is 2.27. The zero-order chi connectivity index (χ0) is 26.7. The first-order chi connectivity index (χ1) is 18.1. The molecular weight excluding hydrogens is 480 g/mol. The Hall–Kier alpha value is -3.04. The van der Waals surface area contributed by atoms with E-state index in [0.717, 1.165) is 11.2 Å². The Balaban J connectivity index is 1.41. The van der Waals surface area contributed by atoms with Gasteiger partial charge in [-0.2, -0.15) is 0 Å². The number of benzene rings is 3. The van der Waals surface area contributed by atoms with Gasteiger partial charge in [-0.3, -0.25) is 0 Å². The molecule has 5 aromatic rings. The van der Waals surface area contributed by atoms with E-state index >= 15 is 0 Å². The van der Waals surface area contributed by atoms with Crippen LogP contribution < -0.4 is 0 Å². The van der Waals surface area contributed by atoms with E-state index in [9.17, 15) is 0 Å². The number of aromatic nitrogens is 2. The Labute approximate surface area is 231 Å². The minimum atomic E-state index is 0.0358. The molecule has 0 atom stereocenters. The molecule has 3 aromatic carbocycles. The molecule has 2 heterocycles. The molecule has 0 saturated heterocycles. The fourth-order valence-corrected chi connectivity index (χ4v) is 7.49. The van der Waals surface area contributed by atoms with E-state index in [2.05, 4.69) is 102 Å². The molecule has 1 saturated carbocycles. The molecule has 38 heavy (non-hydrogen) atoms. The lowest BCUT2D eigenvalue weighted by Gasteiger charge is -2.34. The van der Waals surface area contributed by atoms with Crippen LogP contribution in [0.5, 0.6) is 0 Å². The Bertz CT molecular complexity index is 1620. The van der Waals surface area contributed by atoms with E-state index in [1.54, 1.807) is 6.33 Å². The molecule has 2 nitrogen and oxygen atoms in total. The summed E-state index contributed by atoms with van der Waals surface area (Å²) >= 11 is 1.83. The molecule has 0 spiro atoms. The zero-order valence-corrected chi connectivity index (χ0v) is 24.4. The molecular formula is C35H38N2S. The van der Waals surface area contributed by atoms with Gasteiger partial charge in [-0.05, 0) is 94.5 Å². The molecule has 0 radical (unpaired) electrons. The van der Waals surface area contributed by atoms with Crippen molar-refractivity contribution in [2.24, 2.45) is 5.41 Å². The van der Waals surface area contributed by atoms with Gasteiger partial charge in [0, 0.05) is 10.4 Å². The first-order valence-corrected chi connectivity index (χ1v) is 14.8. The molecule has 0 unspecified atom stereocenters. The summed E-state index contributed by atoms with van der Waals surface area (Å²) in [6, 6.07) is 22.7. The van der Waals surface area contributed by atoms with Crippen molar-refractivity contribution in [1.29, 1.82) is 0 Å². The van der Waals surface area contributed by atoms with Crippen molar-refractivity contribution in [2.75, 3.05) is 0 Å². The summed E-state index contributed by atoms with van der Waals surface area (Å²) in [5, 5.41) is 2.58. The molecule has 1 aliphatic rings. The van der Waals surface area contributed by atoms with Crippen molar-refractivity contribution < 1.29 is 0 Å². The van der Waals surface area contributed by atoms with Crippen LogP contribution in [-0.4, -0.2) is 9.97 Å². The molecule has 1 fully saturated rings. The van der Waals surface area contributed by atoms with Crippen molar-refractivity contribution >= 4 is 32.3 Å². The third kappa shape index (κ3) is 4.56. The zero-order valence-electron chi connectivity index (χ0n) is 23.6. The predicted octanol–water partition coefficient (Wildman–Crippen LogP) is 10.5. The second-order valence-electron chi connectivity index (χ2n) is 13.0. The number of nitrogens with zero attached hydrogens (tertiary/aromatic N) is 2. The molecule has 2 aromatic heterocycles. The van der Waals surface area contributed by atoms with Crippen LogP contribution in [0.2, 0.25) is 0 Å². The van der Waals surface area contributed by atoms with Crippen LogP contribution in [-0.2, 0) is 5.41 Å². The van der Waals surface area contributed by atoms with E-state index in [4.69, 9.17) is 9.97 Å². The van der Waals surface area contributed by atoms with Crippen LogP contribution >= 0.6 is 11.3 Å². The van der Waals surface area contributed by atoms with Crippen molar-refractivity contribution in [3.8, 4) is 21.7 Å². The molecule has 194 valence electrons. The van der Waals surface area contributed by atoms with Gasteiger partial charge in [0.15, 0.2) is 0 Å². The SMILES string of the molecule is Cc1c(-c2ccc(C3CCC(C)(C)CC3)cc2)sc2c(-c3cc(C(C)(C)C)c4ccccc4c3)ncnc12. The largest absolute Gasteiger partial charge is 0.235 e. The van der Waals surface area contributed by atoms with Crippen molar-refractivity contribution in [3.05, 3.63) is 83.7 Å². The topological polar surface area (TPSA) is 25.8 Å². The average Bonchev–Trinajstić information content (AvgIpc) is 3.24. The second kappa shape index (κ2) is 9.31. The van der Waals surface area contributed by atoms with Crippen LogP contribution in [0.25, 0.3) is 42.7 Å². The highest BCUT2D eigenvalue weighted by atomic mass is 32.1. The maximum atomic E-state index is 4.84. The molecule has 0 bridgehead atoms.